The third kappa shape index (κ3) is 19.4. The Hall–Kier alpha value is -10.5. The minimum absolute atomic E-state index is 0.0119. The van der Waals surface area contributed by atoms with Crippen LogP contribution >= 0.6 is 0 Å². The zero-order valence-electron chi connectivity index (χ0n) is 46.3. The van der Waals surface area contributed by atoms with E-state index in [0.717, 1.165) is 24.3 Å². The number of nitrogens with zero attached hydrogens (tertiary/aromatic N) is 4. The molecule has 11 N–H and O–H groups in total. The lowest BCUT2D eigenvalue weighted by molar-refractivity contribution is -0.387. The molecule has 0 amide bonds. The maximum atomic E-state index is 11.7. The van der Waals surface area contributed by atoms with Gasteiger partial charge in [0.2, 0.25) is 17.2 Å². The smallest absolute Gasteiger partial charge is 0.343 e. The number of carboxylic acid groups (broad SMARTS) is 2. The molecule has 0 unspecified atom stereocenters. The maximum absolute atomic E-state index is 11.7. The Balaban J connectivity index is 0.000000554. The number of hydrogen-bond donors (Lipinski definition) is 11. The minimum Gasteiger partial charge on any atom is -0.507 e. The molecular weight excluding hydrogens is 1120 g/mol. The number of benzene rings is 4. The predicted octanol–water partition coefficient (Wildman–Crippen LogP) is 7.48. The van der Waals surface area contributed by atoms with E-state index in [1.807, 2.05) is 0 Å². The quantitative estimate of drug-likeness (QED) is 0.0191. The van der Waals surface area contributed by atoms with Crippen molar-refractivity contribution in [1.29, 1.82) is 0 Å². The van der Waals surface area contributed by atoms with Gasteiger partial charge in [-0.3, -0.25) is 59.6 Å². The molecule has 0 atom stereocenters. The van der Waals surface area contributed by atoms with Crippen LogP contribution in [0.1, 0.15) is 126 Å². The number of esters is 4. The summed E-state index contributed by atoms with van der Waals surface area (Å²) in [6, 6.07) is 4.04. The number of ether oxygens (including phenoxy) is 4. The number of hydrogen-bond acceptors (Lipinski definition) is 27. The molecule has 0 fully saturated rings. The van der Waals surface area contributed by atoms with Gasteiger partial charge in [-0.1, -0.05) is 0 Å². The molecule has 83 heavy (non-hydrogen) atoms. The molecule has 0 aliphatic heterocycles. The zero-order chi connectivity index (χ0) is 64.9. The van der Waals surface area contributed by atoms with Crippen molar-refractivity contribution in [3.63, 3.8) is 0 Å². The summed E-state index contributed by atoms with van der Waals surface area (Å²) in [5.41, 5.74) is -9.08. The first kappa shape index (κ1) is 70.5. The summed E-state index contributed by atoms with van der Waals surface area (Å²) >= 11 is 0. The van der Waals surface area contributed by atoms with Gasteiger partial charge in [-0.25, -0.2) is 9.59 Å². The second-order valence-corrected chi connectivity index (χ2v) is 21.3. The fourth-order valence-corrected chi connectivity index (χ4v) is 5.75. The van der Waals surface area contributed by atoms with Crippen LogP contribution in [0.5, 0.6) is 51.7 Å². The number of carbonyl (C=O) groups is 6. The molecule has 0 aromatic heterocycles. The summed E-state index contributed by atoms with van der Waals surface area (Å²) in [5, 5.41) is 147. The summed E-state index contributed by atoms with van der Waals surface area (Å²) in [4.78, 5) is 108. The average Bonchev–Trinajstić information content (AvgIpc) is 3.32. The van der Waals surface area contributed by atoms with Crippen LogP contribution in [0.3, 0.4) is 0 Å². The third-order valence-electron chi connectivity index (χ3n) is 10.2. The molecule has 0 saturated heterocycles. The highest BCUT2D eigenvalue weighted by molar-refractivity contribution is 5.96. The first-order valence-corrected chi connectivity index (χ1v) is 23.3. The lowest BCUT2D eigenvalue weighted by Gasteiger charge is -2.17. The molecule has 0 aliphatic rings. The summed E-state index contributed by atoms with van der Waals surface area (Å²) in [6.07, 6.45) is 0. The predicted molar refractivity (Wildman–Crippen MR) is 278 cm³/mol. The first-order valence-electron chi connectivity index (χ1n) is 23.3. The highest BCUT2D eigenvalue weighted by Gasteiger charge is 2.34. The SMILES string of the molecule is CC(C)(C)C(=O)OCc1c([N+](=O)[O-])cc(O)c(C(=O)O)c1O.CC(C)(C)C(=O)OCc1cc(O)c(C(=O)O)c(O)c1[N+](=O)[O-].CC(C)(C)C(=O)OCc1cc(O)c(O)c(O)c1[N+](=O)[O-].CC(C)(C)C(=O)OCc1cc(O)c(O)cc1[N+](=O)[O-]. The van der Waals surface area contributed by atoms with E-state index in [-0.39, 0.29) is 23.3 Å². The highest BCUT2D eigenvalue weighted by Crippen LogP contribution is 2.45. The van der Waals surface area contributed by atoms with Gasteiger partial charge in [0.1, 0.15) is 54.8 Å². The van der Waals surface area contributed by atoms with E-state index in [1.165, 1.54) is 0 Å². The Kier molecular flexibility index (Phi) is 23.4. The Morgan fingerprint density at radius 3 is 1.01 bits per heavy atom. The number of phenols is 9. The number of carbonyl (C=O) groups excluding carboxylic acids is 4. The number of nitro benzene ring substituents is 4. The summed E-state index contributed by atoms with van der Waals surface area (Å²) < 4.78 is 19.6. The standard InChI is InChI=1S/2C13H15NO8.C12H15NO7.C12H15NO6/c1-13(2,3)12(19)22-5-6-7(14(20)21)4-8(15)9(10(6)16)11(17)18;1-13(2,3)12(19)22-5-6-4-7(15)8(11(17)18)10(16)9(6)14(20)21;1-12(2,3)11(17)20-5-6-4-7(14)9(15)10(16)8(6)13(18)19;1-12(2,3)11(16)19-6-7-4-9(14)10(15)5-8(7)13(17)18/h2*4,15-16H,5H2,1-3H3,(H,17,18);4,14-16H,5H2,1-3H3;4-5,14-15H,6H2,1-3H3. The molecule has 0 heterocycles. The zero-order valence-corrected chi connectivity index (χ0v) is 46.3. The summed E-state index contributed by atoms with van der Waals surface area (Å²) in [6.45, 7) is 17.0. The van der Waals surface area contributed by atoms with Crippen LogP contribution in [0.4, 0.5) is 22.7 Å². The molecule has 33 nitrogen and oxygen atoms in total. The van der Waals surface area contributed by atoms with E-state index >= 15 is 0 Å². The maximum Gasteiger partial charge on any atom is 0.343 e. The van der Waals surface area contributed by atoms with E-state index in [1.54, 1.807) is 83.1 Å². The van der Waals surface area contributed by atoms with Crippen molar-refractivity contribution in [2.45, 2.75) is 110 Å². The molecule has 0 aliphatic carbocycles. The van der Waals surface area contributed by atoms with Crippen molar-refractivity contribution in [2.75, 3.05) is 0 Å². The van der Waals surface area contributed by atoms with Crippen LogP contribution in [0, 0.1) is 62.1 Å². The van der Waals surface area contributed by atoms with Crippen molar-refractivity contribution in [2.24, 2.45) is 21.7 Å². The number of aromatic carboxylic acids is 2. The average molecular weight is 1180 g/mol. The molecule has 4 rings (SSSR count). The van der Waals surface area contributed by atoms with E-state index in [9.17, 15) is 115 Å². The fourth-order valence-electron chi connectivity index (χ4n) is 5.75. The number of rotatable bonds is 14. The van der Waals surface area contributed by atoms with Gasteiger partial charge in [-0.15, -0.1) is 0 Å². The summed E-state index contributed by atoms with van der Waals surface area (Å²) in [7, 11) is 0. The van der Waals surface area contributed by atoms with Crippen LogP contribution in [-0.2, 0) is 64.6 Å². The number of carboxylic acids is 2. The van der Waals surface area contributed by atoms with Crippen LogP contribution < -0.4 is 0 Å². The Bertz CT molecular complexity index is 3210. The van der Waals surface area contributed by atoms with Crippen molar-refractivity contribution in [1.82, 2.24) is 0 Å². The molecule has 0 spiro atoms. The summed E-state index contributed by atoms with van der Waals surface area (Å²) in [5.74, 6) is -13.8. The Morgan fingerprint density at radius 1 is 0.373 bits per heavy atom. The first-order chi connectivity index (χ1) is 37.6. The number of nitro groups is 4. The van der Waals surface area contributed by atoms with Gasteiger partial charge < -0.3 is 75.1 Å². The van der Waals surface area contributed by atoms with Crippen LogP contribution in [0.25, 0.3) is 0 Å². The van der Waals surface area contributed by atoms with Crippen molar-refractivity contribution in [3.8, 4) is 51.7 Å². The lowest BCUT2D eigenvalue weighted by Crippen LogP contribution is -2.23. The Labute approximate surface area is 468 Å². The van der Waals surface area contributed by atoms with Gasteiger partial charge in [0.15, 0.2) is 22.8 Å². The normalized spacial score (nSPS) is 11.1. The van der Waals surface area contributed by atoms with Gasteiger partial charge in [-0.2, -0.15) is 0 Å². The molecular formula is C50H60N4O29. The molecule has 454 valence electrons. The largest absolute Gasteiger partial charge is 0.507 e. The molecule has 0 bridgehead atoms. The van der Waals surface area contributed by atoms with E-state index in [4.69, 9.17) is 29.2 Å². The van der Waals surface area contributed by atoms with Crippen molar-refractivity contribution >= 4 is 58.6 Å². The van der Waals surface area contributed by atoms with Crippen LogP contribution in [-0.4, -0.2) is 112 Å². The van der Waals surface area contributed by atoms with Crippen molar-refractivity contribution in [3.05, 3.63) is 104 Å². The lowest BCUT2D eigenvalue weighted by atomic mass is 9.97. The second kappa shape index (κ2) is 27.6. The van der Waals surface area contributed by atoms with E-state index in [2.05, 4.69) is 0 Å². The number of phenolic OH excluding ortho intramolecular Hbond substituents is 5. The molecule has 0 saturated carbocycles. The van der Waals surface area contributed by atoms with Gasteiger partial charge >= 0.3 is 47.2 Å². The van der Waals surface area contributed by atoms with E-state index < -0.39 is 188 Å². The van der Waals surface area contributed by atoms with Gasteiger partial charge in [0.05, 0.1) is 70.2 Å². The van der Waals surface area contributed by atoms with E-state index in [0.29, 0.717) is 6.07 Å². The van der Waals surface area contributed by atoms with Gasteiger partial charge in [0.25, 0.3) is 11.4 Å². The second-order valence-electron chi connectivity index (χ2n) is 21.3. The fraction of sp³-hybridized carbons (Fsp3) is 0.400. The molecule has 33 heteroatoms. The minimum atomic E-state index is -1.73. The van der Waals surface area contributed by atoms with Crippen molar-refractivity contribution < 1.29 is 124 Å². The highest BCUT2D eigenvalue weighted by atomic mass is 16.6. The van der Waals surface area contributed by atoms with Gasteiger partial charge in [0, 0.05) is 0 Å². The Morgan fingerprint density at radius 2 is 0.663 bits per heavy atom. The topological polar surface area (TPSA) is 534 Å². The van der Waals surface area contributed by atoms with Crippen LogP contribution in [0.2, 0.25) is 0 Å². The van der Waals surface area contributed by atoms with Crippen LogP contribution in [0.15, 0.2) is 30.3 Å². The molecule has 4 aromatic carbocycles. The molecule has 0 radical (unpaired) electrons. The van der Waals surface area contributed by atoms with Gasteiger partial charge in [-0.05, 0) is 101 Å². The number of aromatic hydroxyl groups is 9. The molecule has 4 aromatic rings. The monoisotopic (exact) mass is 1180 g/mol. The third-order valence-corrected chi connectivity index (χ3v) is 10.2.